The van der Waals surface area contributed by atoms with E-state index < -0.39 is 17.6 Å². The molecule has 5 nitrogen and oxygen atoms in total. The number of hydrogen-bond acceptors (Lipinski definition) is 3. The number of amides is 2. The van der Waals surface area contributed by atoms with Crippen molar-refractivity contribution in [2.24, 2.45) is 0 Å². The zero-order valence-corrected chi connectivity index (χ0v) is 16.1. The molecule has 2 amide bonds. The van der Waals surface area contributed by atoms with E-state index in [0.29, 0.717) is 37.9 Å². The van der Waals surface area contributed by atoms with Crippen molar-refractivity contribution in [3.05, 3.63) is 59.7 Å². The van der Waals surface area contributed by atoms with Gasteiger partial charge in [-0.1, -0.05) is 24.6 Å². The van der Waals surface area contributed by atoms with Crippen LogP contribution in [0.15, 0.2) is 48.5 Å². The van der Waals surface area contributed by atoms with Crippen LogP contribution in [0.4, 0.5) is 24.5 Å². The SMILES string of the molecule is CNc1ccccc1NC(=O)CCCCCNC(=O)c1cccc(C(F)(F)F)c1. The lowest BCUT2D eigenvalue weighted by molar-refractivity contribution is -0.137. The molecule has 0 aliphatic rings. The van der Waals surface area contributed by atoms with Crippen molar-refractivity contribution in [2.45, 2.75) is 31.9 Å². The number of alkyl halides is 3. The van der Waals surface area contributed by atoms with Gasteiger partial charge in [-0.2, -0.15) is 13.2 Å². The molecule has 0 heterocycles. The summed E-state index contributed by atoms with van der Waals surface area (Å²) in [5.41, 5.74) is 0.671. The third-order valence-electron chi connectivity index (χ3n) is 4.29. The summed E-state index contributed by atoms with van der Waals surface area (Å²) >= 11 is 0. The lowest BCUT2D eigenvalue weighted by Gasteiger charge is -2.10. The predicted molar refractivity (Wildman–Crippen MR) is 107 cm³/mol. The highest BCUT2D eigenvalue weighted by Gasteiger charge is 2.30. The van der Waals surface area contributed by atoms with Gasteiger partial charge in [-0.15, -0.1) is 0 Å². The number of carbonyl (C=O) groups is 2. The van der Waals surface area contributed by atoms with Crippen LogP contribution in [0.2, 0.25) is 0 Å². The molecule has 156 valence electrons. The van der Waals surface area contributed by atoms with Gasteiger partial charge in [0.2, 0.25) is 5.91 Å². The first kappa shape index (κ1) is 22.3. The number of halogens is 3. The van der Waals surface area contributed by atoms with Gasteiger partial charge in [-0.25, -0.2) is 0 Å². The van der Waals surface area contributed by atoms with Gasteiger partial charge in [0, 0.05) is 25.6 Å². The average molecular weight is 407 g/mol. The second kappa shape index (κ2) is 10.5. The summed E-state index contributed by atoms with van der Waals surface area (Å²) in [7, 11) is 1.78. The van der Waals surface area contributed by atoms with Gasteiger partial charge in [0.15, 0.2) is 0 Å². The van der Waals surface area contributed by atoms with Crippen molar-refractivity contribution in [1.29, 1.82) is 0 Å². The maximum atomic E-state index is 12.7. The van der Waals surface area contributed by atoms with Crippen molar-refractivity contribution in [1.82, 2.24) is 5.32 Å². The number of anilines is 2. The van der Waals surface area contributed by atoms with Crippen molar-refractivity contribution < 1.29 is 22.8 Å². The van der Waals surface area contributed by atoms with E-state index >= 15 is 0 Å². The van der Waals surface area contributed by atoms with Crippen LogP contribution in [0.5, 0.6) is 0 Å². The molecule has 0 unspecified atom stereocenters. The van der Waals surface area contributed by atoms with Crippen LogP contribution < -0.4 is 16.0 Å². The van der Waals surface area contributed by atoms with Gasteiger partial charge in [0.25, 0.3) is 5.91 Å². The second-order valence-electron chi connectivity index (χ2n) is 6.49. The highest BCUT2D eigenvalue weighted by atomic mass is 19.4. The van der Waals surface area contributed by atoms with Crippen LogP contribution in [-0.4, -0.2) is 25.4 Å². The molecule has 0 aliphatic heterocycles. The minimum absolute atomic E-state index is 0.0256. The first-order valence-electron chi connectivity index (χ1n) is 9.33. The summed E-state index contributed by atoms with van der Waals surface area (Å²) in [4.78, 5) is 24.0. The Labute approximate surface area is 167 Å². The molecule has 0 atom stereocenters. The molecule has 2 aromatic carbocycles. The number of nitrogens with one attached hydrogen (secondary N) is 3. The molecule has 0 fully saturated rings. The highest BCUT2D eigenvalue weighted by molar-refractivity contribution is 5.94. The molecule has 0 saturated heterocycles. The topological polar surface area (TPSA) is 70.2 Å². The summed E-state index contributed by atoms with van der Waals surface area (Å²) in [6, 6.07) is 11.7. The van der Waals surface area contributed by atoms with Crippen molar-refractivity contribution >= 4 is 23.2 Å². The zero-order valence-electron chi connectivity index (χ0n) is 16.1. The fraction of sp³-hybridized carbons (Fsp3) is 0.333. The van der Waals surface area contributed by atoms with Gasteiger partial charge in [-0.3, -0.25) is 9.59 Å². The van der Waals surface area contributed by atoms with Crippen LogP contribution in [0.3, 0.4) is 0 Å². The third kappa shape index (κ3) is 7.14. The summed E-state index contributed by atoms with van der Waals surface area (Å²) in [6.45, 7) is 0.333. The van der Waals surface area contributed by atoms with Gasteiger partial charge < -0.3 is 16.0 Å². The van der Waals surface area contributed by atoms with Gasteiger partial charge in [-0.05, 0) is 43.2 Å². The molecular formula is C21H24F3N3O2. The lowest BCUT2D eigenvalue weighted by atomic mass is 10.1. The number of unbranched alkanes of at least 4 members (excludes halogenated alkanes) is 2. The van der Waals surface area contributed by atoms with E-state index in [1.807, 2.05) is 24.3 Å². The highest BCUT2D eigenvalue weighted by Crippen LogP contribution is 2.29. The second-order valence-corrected chi connectivity index (χ2v) is 6.49. The molecule has 0 saturated carbocycles. The minimum Gasteiger partial charge on any atom is -0.386 e. The number of carbonyl (C=O) groups excluding carboxylic acids is 2. The first-order valence-corrected chi connectivity index (χ1v) is 9.33. The maximum Gasteiger partial charge on any atom is 0.416 e. The van der Waals surface area contributed by atoms with Crippen LogP contribution in [0.25, 0.3) is 0 Å². The average Bonchev–Trinajstić information content (AvgIpc) is 2.70. The van der Waals surface area contributed by atoms with Crippen molar-refractivity contribution in [3.8, 4) is 0 Å². The summed E-state index contributed by atoms with van der Waals surface area (Å²) in [6.07, 6.45) is -2.15. The fourth-order valence-electron chi connectivity index (χ4n) is 2.75. The quantitative estimate of drug-likeness (QED) is 0.529. The van der Waals surface area contributed by atoms with Gasteiger partial charge >= 0.3 is 6.18 Å². The molecule has 0 spiro atoms. The smallest absolute Gasteiger partial charge is 0.386 e. The Morgan fingerprint density at radius 3 is 2.34 bits per heavy atom. The standard InChI is InChI=1S/C21H24F3N3O2/c1-25-17-10-4-5-11-18(17)27-19(28)12-3-2-6-13-26-20(29)15-8-7-9-16(14-15)21(22,23)24/h4-5,7-11,14,25H,2-3,6,12-13H2,1H3,(H,26,29)(H,27,28). The predicted octanol–water partition coefficient (Wildman–Crippen LogP) is 4.68. The zero-order chi connectivity index (χ0) is 21.3. The largest absolute Gasteiger partial charge is 0.416 e. The number of benzene rings is 2. The van der Waals surface area contributed by atoms with Crippen molar-refractivity contribution in [3.63, 3.8) is 0 Å². The number of hydrogen-bond donors (Lipinski definition) is 3. The molecule has 0 aliphatic carbocycles. The normalized spacial score (nSPS) is 11.0. The Morgan fingerprint density at radius 1 is 0.931 bits per heavy atom. The monoisotopic (exact) mass is 407 g/mol. The first-order chi connectivity index (χ1) is 13.8. The Bertz CT molecular complexity index is 838. The molecule has 29 heavy (non-hydrogen) atoms. The number of para-hydroxylation sites is 2. The van der Waals surface area contributed by atoms with Crippen LogP contribution in [0, 0.1) is 0 Å². The van der Waals surface area contributed by atoms with E-state index in [1.165, 1.54) is 12.1 Å². The fourth-order valence-corrected chi connectivity index (χ4v) is 2.75. The van der Waals surface area contributed by atoms with E-state index in [1.54, 1.807) is 7.05 Å². The van der Waals surface area contributed by atoms with Crippen LogP contribution in [-0.2, 0) is 11.0 Å². The number of rotatable bonds is 9. The van der Waals surface area contributed by atoms with Crippen molar-refractivity contribution in [2.75, 3.05) is 24.2 Å². The van der Waals surface area contributed by atoms with E-state index in [4.69, 9.17) is 0 Å². The molecule has 2 aromatic rings. The summed E-state index contributed by atoms with van der Waals surface area (Å²) in [5.74, 6) is -0.641. The Morgan fingerprint density at radius 2 is 1.66 bits per heavy atom. The van der Waals surface area contributed by atoms with Gasteiger partial charge in [0.05, 0.1) is 16.9 Å². The Hall–Kier alpha value is -3.03. The third-order valence-corrected chi connectivity index (χ3v) is 4.29. The van der Waals surface area contributed by atoms with Gasteiger partial charge in [0.1, 0.15) is 0 Å². The van der Waals surface area contributed by atoms with E-state index in [0.717, 1.165) is 17.8 Å². The molecule has 3 N–H and O–H groups in total. The van der Waals surface area contributed by atoms with E-state index in [9.17, 15) is 22.8 Å². The lowest BCUT2D eigenvalue weighted by Crippen LogP contribution is -2.24. The molecule has 0 aromatic heterocycles. The van der Waals surface area contributed by atoms with Crippen LogP contribution in [0.1, 0.15) is 41.6 Å². The summed E-state index contributed by atoms with van der Waals surface area (Å²) < 4.78 is 38.1. The van der Waals surface area contributed by atoms with E-state index in [2.05, 4.69) is 16.0 Å². The Kier molecular flexibility index (Phi) is 8.06. The molecule has 0 bridgehead atoms. The van der Waals surface area contributed by atoms with E-state index in [-0.39, 0.29) is 11.5 Å². The van der Waals surface area contributed by atoms with Crippen LogP contribution >= 0.6 is 0 Å². The minimum atomic E-state index is -4.48. The molecule has 8 heteroatoms. The summed E-state index contributed by atoms with van der Waals surface area (Å²) in [5, 5.41) is 8.46. The molecular weight excluding hydrogens is 383 g/mol. The maximum absolute atomic E-state index is 12.7. The Balaban J connectivity index is 1.67. The molecule has 0 radical (unpaired) electrons. The molecule has 2 rings (SSSR count).